The third kappa shape index (κ3) is 3.64. The van der Waals surface area contributed by atoms with Gasteiger partial charge in [-0.1, -0.05) is 12.1 Å². The second kappa shape index (κ2) is 5.77. The molecular formula is C14H13N3O2. The molecule has 1 aromatic carbocycles. The summed E-state index contributed by atoms with van der Waals surface area (Å²) in [7, 11) is 0. The molecule has 2 amide bonds. The molecule has 1 heterocycles. The lowest BCUT2D eigenvalue weighted by Crippen LogP contribution is -2.14. The van der Waals surface area contributed by atoms with Crippen molar-refractivity contribution in [3.63, 3.8) is 0 Å². The van der Waals surface area contributed by atoms with E-state index in [9.17, 15) is 9.59 Å². The van der Waals surface area contributed by atoms with Crippen LogP contribution in [-0.4, -0.2) is 16.8 Å². The second-order valence-electron chi connectivity index (χ2n) is 4.04. The molecule has 2 aromatic rings. The molecule has 0 saturated carbocycles. The number of benzene rings is 1. The summed E-state index contributed by atoms with van der Waals surface area (Å²) in [6, 6.07) is 10.3. The number of pyridine rings is 1. The molecule has 1 aromatic heterocycles. The number of carbonyl (C=O) groups is 2. The minimum atomic E-state index is -0.382. The van der Waals surface area contributed by atoms with Crippen molar-refractivity contribution in [2.24, 2.45) is 5.73 Å². The highest BCUT2D eigenvalue weighted by Gasteiger charge is 2.05. The van der Waals surface area contributed by atoms with E-state index in [-0.39, 0.29) is 18.2 Å². The van der Waals surface area contributed by atoms with Gasteiger partial charge in [-0.2, -0.15) is 0 Å². The van der Waals surface area contributed by atoms with Gasteiger partial charge in [-0.15, -0.1) is 0 Å². The third-order valence-corrected chi connectivity index (χ3v) is 2.51. The zero-order valence-corrected chi connectivity index (χ0v) is 10.2. The highest BCUT2D eigenvalue weighted by Crippen LogP contribution is 2.11. The number of aromatic nitrogens is 1. The van der Waals surface area contributed by atoms with E-state index in [0.29, 0.717) is 11.3 Å². The van der Waals surface area contributed by atoms with E-state index in [1.165, 1.54) is 6.20 Å². The van der Waals surface area contributed by atoms with E-state index in [4.69, 9.17) is 5.73 Å². The van der Waals surface area contributed by atoms with E-state index in [0.717, 1.165) is 5.56 Å². The van der Waals surface area contributed by atoms with Crippen LogP contribution in [0.1, 0.15) is 15.9 Å². The molecule has 2 rings (SSSR count). The molecule has 0 atom stereocenters. The van der Waals surface area contributed by atoms with Gasteiger partial charge in [0, 0.05) is 18.1 Å². The van der Waals surface area contributed by atoms with Gasteiger partial charge in [-0.05, 0) is 29.8 Å². The van der Waals surface area contributed by atoms with Gasteiger partial charge in [0.2, 0.25) is 5.91 Å². The molecule has 0 aliphatic heterocycles. The molecule has 5 nitrogen and oxygen atoms in total. The Morgan fingerprint density at radius 3 is 2.47 bits per heavy atom. The first-order valence-electron chi connectivity index (χ1n) is 5.74. The Labute approximate surface area is 110 Å². The molecule has 0 aliphatic carbocycles. The maximum Gasteiger partial charge on any atom is 0.257 e. The highest BCUT2D eigenvalue weighted by atomic mass is 16.2. The maximum absolute atomic E-state index is 11.9. The lowest BCUT2D eigenvalue weighted by Gasteiger charge is -2.05. The average molecular weight is 255 g/mol. The lowest BCUT2D eigenvalue weighted by atomic mass is 10.1. The number of amides is 2. The van der Waals surface area contributed by atoms with Crippen molar-refractivity contribution < 1.29 is 9.59 Å². The zero-order valence-electron chi connectivity index (χ0n) is 10.2. The number of nitrogens with one attached hydrogen (secondary N) is 1. The molecule has 3 N–H and O–H groups in total. The van der Waals surface area contributed by atoms with Crippen LogP contribution in [0, 0.1) is 0 Å². The monoisotopic (exact) mass is 255 g/mol. The van der Waals surface area contributed by atoms with Crippen molar-refractivity contribution in [2.45, 2.75) is 6.42 Å². The van der Waals surface area contributed by atoms with Crippen molar-refractivity contribution in [3.8, 4) is 0 Å². The van der Waals surface area contributed by atoms with E-state index in [2.05, 4.69) is 10.3 Å². The Kier molecular flexibility index (Phi) is 3.87. The predicted octanol–water partition coefficient (Wildman–Crippen LogP) is 1.36. The van der Waals surface area contributed by atoms with Gasteiger partial charge in [0.15, 0.2) is 0 Å². The van der Waals surface area contributed by atoms with Gasteiger partial charge in [-0.25, -0.2) is 0 Å². The molecular weight excluding hydrogens is 242 g/mol. The van der Waals surface area contributed by atoms with E-state index in [1.54, 1.807) is 42.6 Å². The Balaban J connectivity index is 2.04. The van der Waals surface area contributed by atoms with Crippen molar-refractivity contribution in [1.82, 2.24) is 4.98 Å². The molecule has 0 unspecified atom stereocenters. The van der Waals surface area contributed by atoms with Gasteiger partial charge in [0.25, 0.3) is 5.91 Å². The fraction of sp³-hybridized carbons (Fsp3) is 0.0714. The predicted molar refractivity (Wildman–Crippen MR) is 71.5 cm³/mol. The number of nitrogens with two attached hydrogens (primary N) is 1. The lowest BCUT2D eigenvalue weighted by molar-refractivity contribution is -0.117. The summed E-state index contributed by atoms with van der Waals surface area (Å²) in [5, 5.41) is 2.74. The van der Waals surface area contributed by atoms with E-state index < -0.39 is 0 Å². The van der Waals surface area contributed by atoms with Gasteiger partial charge < -0.3 is 11.1 Å². The first-order valence-corrected chi connectivity index (χ1v) is 5.74. The molecule has 0 bridgehead atoms. The Bertz CT molecular complexity index is 579. The van der Waals surface area contributed by atoms with Gasteiger partial charge >= 0.3 is 0 Å². The summed E-state index contributed by atoms with van der Waals surface area (Å²) in [6.07, 6.45) is 3.29. The van der Waals surface area contributed by atoms with Crippen molar-refractivity contribution in [1.29, 1.82) is 0 Å². The largest absolute Gasteiger partial charge is 0.369 e. The van der Waals surface area contributed by atoms with Crippen LogP contribution >= 0.6 is 0 Å². The maximum atomic E-state index is 11.9. The van der Waals surface area contributed by atoms with Crippen LogP contribution in [0.2, 0.25) is 0 Å². The first-order chi connectivity index (χ1) is 9.15. The summed E-state index contributed by atoms with van der Waals surface area (Å²) < 4.78 is 0. The standard InChI is InChI=1S/C14H13N3O2/c15-13(18)8-10-3-5-12(6-4-10)17-14(19)11-2-1-7-16-9-11/h1-7,9H,8H2,(H2,15,18)(H,17,19). The Morgan fingerprint density at radius 1 is 1.16 bits per heavy atom. The molecule has 5 heteroatoms. The number of primary amides is 1. The van der Waals surface area contributed by atoms with Crippen LogP contribution in [0.4, 0.5) is 5.69 Å². The quantitative estimate of drug-likeness (QED) is 0.865. The number of rotatable bonds is 4. The van der Waals surface area contributed by atoms with Crippen molar-refractivity contribution in [2.75, 3.05) is 5.32 Å². The van der Waals surface area contributed by atoms with E-state index in [1.807, 2.05) is 0 Å². The molecule has 0 saturated heterocycles. The van der Waals surface area contributed by atoms with Crippen molar-refractivity contribution >= 4 is 17.5 Å². The Morgan fingerprint density at radius 2 is 1.89 bits per heavy atom. The molecule has 0 radical (unpaired) electrons. The normalized spacial score (nSPS) is 9.89. The summed E-state index contributed by atoms with van der Waals surface area (Å²) in [5.74, 6) is -0.608. The van der Waals surface area contributed by atoms with Gasteiger partial charge in [-0.3, -0.25) is 14.6 Å². The summed E-state index contributed by atoms with van der Waals surface area (Å²) in [4.78, 5) is 26.5. The van der Waals surface area contributed by atoms with Gasteiger partial charge in [0.1, 0.15) is 0 Å². The van der Waals surface area contributed by atoms with Crippen LogP contribution in [0.15, 0.2) is 48.8 Å². The summed E-state index contributed by atoms with van der Waals surface area (Å²) >= 11 is 0. The molecule has 0 aliphatic rings. The number of hydrogen-bond donors (Lipinski definition) is 2. The Hall–Kier alpha value is -2.69. The molecule has 96 valence electrons. The SMILES string of the molecule is NC(=O)Cc1ccc(NC(=O)c2cccnc2)cc1. The number of anilines is 1. The molecule has 0 spiro atoms. The van der Waals surface area contributed by atoms with Crippen LogP contribution < -0.4 is 11.1 Å². The average Bonchev–Trinajstić information content (AvgIpc) is 2.41. The minimum absolute atomic E-state index is 0.191. The topological polar surface area (TPSA) is 85.1 Å². The number of nitrogens with zero attached hydrogens (tertiary/aromatic N) is 1. The van der Waals surface area contributed by atoms with Gasteiger partial charge in [0.05, 0.1) is 12.0 Å². The smallest absolute Gasteiger partial charge is 0.257 e. The van der Waals surface area contributed by atoms with Crippen LogP contribution in [0.25, 0.3) is 0 Å². The minimum Gasteiger partial charge on any atom is -0.369 e. The highest BCUT2D eigenvalue weighted by molar-refractivity contribution is 6.04. The summed E-state index contributed by atoms with van der Waals surface area (Å²) in [6.45, 7) is 0. The van der Waals surface area contributed by atoms with Crippen LogP contribution in [0.5, 0.6) is 0 Å². The first kappa shape index (κ1) is 12.8. The molecule has 19 heavy (non-hydrogen) atoms. The second-order valence-corrected chi connectivity index (χ2v) is 4.04. The number of carbonyl (C=O) groups excluding carboxylic acids is 2. The van der Waals surface area contributed by atoms with Crippen LogP contribution in [-0.2, 0) is 11.2 Å². The number of hydrogen-bond acceptors (Lipinski definition) is 3. The summed E-state index contributed by atoms with van der Waals surface area (Å²) in [5.41, 5.74) is 7.06. The third-order valence-electron chi connectivity index (χ3n) is 2.51. The molecule has 0 fully saturated rings. The fourth-order valence-electron chi connectivity index (χ4n) is 1.61. The van der Waals surface area contributed by atoms with Crippen molar-refractivity contribution in [3.05, 3.63) is 59.9 Å². The fourth-order valence-corrected chi connectivity index (χ4v) is 1.61. The van der Waals surface area contributed by atoms with E-state index >= 15 is 0 Å². The van der Waals surface area contributed by atoms with Crippen LogP contribution in [0.3, 0.4) is 0 Å². The zero-order chi connectivity index (χ0) is 13.7.